The Morgan fingerprint density at radius 2 is 1.90 bits per heavy atom. The lowest BCUT2D eigenvalue weighted by Gasteiger charge is -2.37. The van der Waals surface area contributed by atoms with Gasteiger partial charge in [-0.05, 0) is 32.9 Å². The van der Waals surface area contributed by atoms with Crippen molar-refractivity contribution in [2.24, 2.45) is 5.41 Å². The molecule has 1 fully saturated rings. The third-order valence-electron chi connectivity index (χ3n) is 4.16. The van der Waals surface area contributed by atoms with Crippen molar-refractivity contribution < 1.29 is 14.7 Å². The van der Waals surface area contributed by atoms with Gasteiger partial charge in [0.15, 0.2) is 0 Å². The van der Waals surface area contributed by atoms with Gasteiger partial charge in [-0.15, -0.1) is 0 Å². The predicted molar refractivity (Wildman–Crippen MR) is 77.7 cm³/mol. The fourth-order valence-electron chi connectivity index (χ4n) is 2.51. The fraction of sp³-hybridized carbons (Fsp3) is 0.857. The van der Waals surface area contributed by atoms with Crippen molar-refractivity contribution in [2.45, 2.75) is 46.1 Å². The van der Waals surface area contributed by atoms with E-state index in [1.807, 2.05) is 6.92 Å². The number of nitrogens with zero attached hydrogens (tertiary/aromatic N) is 1. The van der Waals surface area contributed by atoms with Gasteiger partial charge in [0.25, 0.3) is 0 Å². The molecule has 2 amide bonds. The minimum atomic E-state index is -0.805. The molecule has 0 bridgehead atoms. The Bertz CT molecular complexity index is 339. The van der Waals surface area contributed by atoms with Crippen LogP contribution in [0, 0.1) is 5.41 Å². The van der Waals surface area contributed by atoms with Gasteiger partial charge in [-0.2, -0.15) is 0 Å². The van der Waals surface area contributed by atoms with Gasteiger partial charge in [0.05, 0.1) is 5.41 Å². The van der Waals surface area contributed by atoms with E-state index in [0.29, 0.717) is 12.8 Å². The molecule has 0 spiro atoms. The number of nitrogens with one attached hydrogen (secondary N) is 2. The Balaban J connectivity index is 2.31. The molecule has 1 atom stereocenters. The molecule has 1 unspecified atom stereocenters. The number of amides is 2. The van der Waals surface area contributed by atoms with Gasteiger partial charge in [0, 0.05) is 19.1 Å². The summed E-state index contributed by atoms with van der Waals surface area (Å²) >= 11 is 0. The Labute approximate surface area is 120 Å². The number of rotatable bonds is 8. The maximum Gasteiger partial charge on any atom is 0.315 e. The maximum absolute atomic E-state index is 11.8. The van der Waals surface area contributed by atoms with Crippen molar-refractivity contribution in [3.05, 3.63) is 0 Å². The first kappa shape index (κ1) is 16.8. The first-order chi connectivity index (χ1) is 9.43. The van der Waals surface area contributed by atoms with E-state index >= 15 is 0 Å². The van der Waals surface area contributed by atoms with Crippen LogP contribution in [-0.4, -0.2) is 54.2 Å². The van der Waals surface area contributed by atoms with Gasteiger partial charge in [0.2, 0.25) is 0 Å². The highest BCUT2D eigenvalue weighted by atomic mass is 16.4. The lowest BCUT2D eigenvalue weighted by molar-refractivity contribution is -0.153. The number of hydrogen-bond acceptors (Lipinski definition) is 3. The molecule has 20 heavy (non-hydrogen) atoms. The molecule has 0 aromatic heterocycles. The number of carbonyl (C=O) groups is 2. The molecule has 1 aliphatic rings. The van der Waals surface area contributed by atoms with Gasteiger partial charge >= 0.3 is 12.0 Å². The molecule has 0 aliphatic heterocycles. The molecule has 0 aromatic rings. The number of carboxylic acids is 1. The van der Waals surface area contributed by atoms with Crippen molar-refractivity contribution >= 4 is 12.0 Å². The third kappa shape index (κ3) is 4.37. The average Bonchev–Trinajstić information content (AvgIpc) is 2.34. The number of likely N-dealkylation sites (N-methyl/N-ethyl adjacent to an activating group) is 1. The topological polar surface area (TPSA) is 81.7 Å². The summed E-state index contributed by atoms with van der Waals surface area (Å²) in [5, 5.41) is 14.7. The number of aliphatic carboxylic acids is 1. The molecule has 1 aliphatic carbocycles. The number of carboxylic acid groups (broad SMARTS) is 1. The summed E-state index contributed by atoms with van der Waals surface area (Å²) in [6.07, 6.45) is 2.23. The van der Waals surface area contributed by atoms with E-state index in [9.17, 15) is 14.7 Å². The maximum atomic E-state index is 11.8. The van der Waals surface area contributed by atoms with Crippen molar-refractivity contribution in [1.82, 2.24) is 15.5 Å². The van der Waals surface area contributed by atoms with E-state index in [2.05, 4.69) is 29.4 Å². The highest BCUT2D eigenvalue weighted by Crippen LogP contribution is 2.40. The first-order valence-corrected chi connectivity index (χ1v) is 7.43. The van der Waals surface area contributed by atoms with E-state index in [-0.39, 0.29) is 18.6 Å². The molecule has 0 heterocycles. The summed E-state index contributed by atoms with van der Waals surface area (Å²) in [5.74, 6) is -0.805. The Morgan fingerprint density at radius 1 is 1.30 bits per heavy atom. The van der Waals surface area contributed by atoms with Crippen LogP contribution in [0.3, 0.4) is 0 Å². The quantitative estimate of drug-likeness (QED) is 0.627. The van der Waals surface area contributed by atoms with Crippen LogP contribution < -0.4 is 10.6 Å². The zero-order valence-corrected chi connectivity index (χ0v) is 12.7. The third-order valence-corrected chi connectivity index (χ3v) is 4.16. The molecule has 0 saturated heterocycles. The zero-order valence-electron chi connectivity index (χ0n) is 12.7. The summed E-state index contributed by atoms with van der Waals surface area (Å²) in [7, 11) is 0. The van der Waals surface area contributed by atoms with E-state index in [4.69, 9.17) is 0 Å². The Hall–Kier alpha value is -1.30. The molecular weight excluding hydrogens is 258 g/mol. The zero-order chi connectivity index (χ0) is 15.2. The second-order valence-corrected chi connectivity index (χ2v) is 5.65. The fourth-order valence-corrected chi connectivity index (χ4v) is 2.51. The van der Waals surface area contributed by atoms with Crippen LogP contribution in [0.5, 0.6) is 0 Å². The summed E-state index contributed by atoms with van der Waals surface area (Å²) in [6, 6.07) is -0.241. The minimum Gasteiger partial charge on any atom is -0.481 e. The van der Waals surface area contributed by atoms with Gasteiger partial charge in [0.1, 0.15) is 0 Å². The lowest BCUT2D eigenvalue weighted by atomic mass is 9.69. The highest BCUT2D eigenvalue weighted by Gasteiger charge is 2.44. The van der Waals surface area contributed by atoms with E-state index in [1.165, 1.54) is 0 Å². The van der Waals surface area contributed by atoms with Crippen molar-refractivity contribution in [3.63, 3.8) is 0 Å². The average molecular weight is 285 g/mol. The van der Waals surface area contributed by atoms with E-state index < -0.39 is 11.4 Å². The van der Waals surface area contributed by atoms with Crippen LogP contribution in [0.2, 0.25) is 0 Å². The number of hydrogen-bond donors (Lipinski definition) is 3. The molecule has 6 heteroatoms. The Kier molecular flexibility index (Phi) is 6.26. The van der Waals surface area contributed by atoms with Crippen LogP contribution in [0.15, 0.2) is 0 Å². The number of urea groups is 1. The molecule has 0 radical (unpaired) electrons. The smallest absolute Gasteiger partial charge is 0.315 e. The van der Waals surface area contributed by atoms with Crippen LogP contribution >= 0.6 is 0 Å². The van der Waals surface area contributed by atoms with Gasteiger partial charge < -0.3 is 20.6 Å². The first-order valence-electron chi connectivity index (χ1n) is 7.43. The van der Waals surface area contributed by atoms with Gasteiger partial charge in [-0.25, -0.2) is 4.79 Å². The lowest BCUT2D eigenvalue weighted by Crippen LogP contribution is -2.52. The Morgan fingerprint density at radius 3 is 2.30 bits per heavy atom. The normalized spacial score (nSPS) is 18.2. The predicted octanol–water partition coefficient (Wildman–Crippen LogP) is 1.27. The van der Waals surface area contributed by atoms with E-state index in [1.54, 1.807) is 0 Å². The van der Waals surface area contributed by atoms with Crippen LogP contribution in [0.4, 0.5) is 4.79 Å². The van der Waals surface area contributed by atoms with Crippen LogP contribution in [-0.2, 0) is 4.79 Å². The molecule has 116 valence electrons. The molecule has 3 N–H and O–H groups in total. The van der Waals surface area contributed by atoms with Crippen LogP contribution in [0.25, 0.3) is 0 Å². The summed E-state index contributed by atoms with van der Waals surface area (Å²) in [4.78, 5) is 25.2. The molecule has 1 rings (SSSR count). The molecule has 0 aromatic carbocycles. The SMILES string of the molecule is CCN(CC)CC(C)NC(=O)NCC1(C(=O)O)CCC1. The second kappa shape index (κ2) is 7.47. The van der Waals surface area contributed by atoms with Crippen LogP contribution in [0.1, 0.15) is 40.0 Å². The monoisotopic (exact) mass is 285 g/mol. The van der Waals surface area contributed by atoms with Crippen molar-refractivity contribution in [2.75, 3.05) is 26.2 Å². The largest absolute Gasteiger partial charge is 0.481 e. The highest BCUT2D eigenvalue weighted by molar-refractivity contribution is 5.78. The van der Waals surface area contributed by atoms with Crippen molar-refractivity contribution in [3.8, 4) is 0 Å². The summed E-state index contributed by atoms with van der Waals surface area (Å²) in [5.41, 5.74) is -0.737. The summed E-state index contributed by atoms with van der Waals surface area (Å²) < 4.78 is 0. The number of carbonyl (C=O) groups excluding carboxylic acids is 1. The second-order valence-electron chi connectivity index (χ2n) is 5.65. The summed E-state index contributed by atoms with van der Waals surface area (Å²) in [6.45, 7) is 9.04. The van der Waals surface area contributed by atoms with Gasteiger partial charge in [-0.3, -0.25) is 4.79 Å². The van der Waals surface area contributed by atoms with Gasteiger partial charge in [-0.1, -0.05) is 20.3 Å². The van der Waals surface area contributed by atoms with E-state index in [0.717, 1.165) is 26.1 Å². The molecule has 1 saturated carbocycles. The standard InChI is InChI=1S/C14H27N3O3/c1-4-17(5-2)9-11(3)16-13(20)15-10-14(12(18)19)7-6-8-14/h11H,4-10H2,1-3H3,(H,18,19)(H2,15,16,20). The minimum absolute atomic E-state index is 0.0390. The molecular formula is C14H27N3O3. The molecule has 6 nitrogen and oxygen atoms in total. The van der Waals surface area contributed by atoms with Crippen molar-refractivity contribution in [1.29, 1.82) is 0 Å².